The second-order valence-electron chi connectivity index (χ2n) is 5.96. The molecule has 0 aliphatic carbocycles. The molecule has 0 saturated carbocycles. The molecule has 1 atom stereocenters. The van der Waals surface area contributed by atoms with Gasteiger partial charge in [-0.15, -0.1) is 11.8 Å². The van der Waals surface area contributed by atoms with Crippen molar-refractivity contribution >= 4 is 39.5 Å². The van der Waals surface area contributed by atoms with Crippen LogP contribution in [-0.4, -0.2) is 22.6 Å². The first kappa shape index (κ1) is 19.6. The van der Waals surface area contributed by atoms with Gasteiger partial charge in [-0.3, -0.25) is 9.79 Å². The van der Waals surface area contributed by atoms with Gasteiger partial charge in [0.2, 0.25) is 5.91 Å². The molecular weight excluding hydrogens is 348 g/mol. The number of nitrogens with zero attached hydrogens (tertiary/aromatic N) is 1. The van der Waals surface area contributed by atoms with Crippen molar-refractivity contribution < 1.29 is 4.79 Å². The molecule has 25 heavy (non-hydrogen) atoms. The summed E-state index contributed by atoms with van der Waals surface area (Å²) >= 11 is 3.08. The van der Waals surface area contributed by atoms with Crippen LogP contribution in [0.4, 0.5) is 5.69 Å². The summed E-state index contributed by atoms with van der Waals surface area (Å²) in [6.07, 6.45) is 1.99. The molecule has 2 rings (SSSR count). The number of nitrogens with one attached hydrogen (secondary N) is 1. The van der Waals surface area contributed by atoms with E-state index in [2.05, 4.69) is 10.3 Å². The van der Waals surface area contributed by atoms with Crippen LogP contribution in [0.5, 0.6) is 0 Å². The van der Waals surface area contributed by atoms with Gasteiger partial charge < -0.3 is 5.32 Å². The van der Waals surface area contributed by atoms with Gasteiger partial charge in [0.1, 0.15) is 9.63 Å². The molecule has 132 valence electrons. The third-order valence-electron chi connectivity index (χ3n) is 3.42. The van der Waals surface area contributed by atoms with E-state index in [1.165, 1.54) is 17.3 Å². The van der Waals surface area contributed by atoms with Crippen molar-refractivity contribution in [2.75, 3.05) is 11.6 Å². The number of aryl methyl sites for hydroxylation is 1. The van der Waals surface area contributed by atoms with E-state index in [1.54, 1.807) is 11.8 Å². The van der Waals surface area contributed by atoms with Crippen LogP contribution in [-0.2, 0) is 4.79 Å². The topological polar surface area (TPSA) is 41.5 Å². The van der Waals surface area contributed by atoms with Gasteiger partial charge in [-0.25, -0.2) is 0 Å². The largest absolute Gasteiger partial charge is 0.325 e. The number of rotatable bonds is 5. The molecule has 0 aliphatic rings. The van der Waals surface area contributed by atoms with Crippen molar-refractivity contribution in [3.8, 4) is 0 Å². The first-order chi connectivity index (χ1) is 12.0. The van der Waals surface area contributed by atoms with Gasteiger partial charge in [0, 0.05) is 11.7 Å². The van der Waals surface area contributed by atoms with Crippen molar-refractivity contribution in [1.82, 2.24) is 0 Å². The number of hydrogen-bond acceptors (Lipinski definition) is 4. The third-order valence-corrected chi connectivity index (χ3v) is 5.69. The summed E-state index contributed by atoms with van der Waals surface area (Å²) in [5, 5.41) is 2.69. The Morgan fingerprint density at radius 3 is 2.24 bits per heavy atom. The minimum atomic E-state index is -0.340. The fourth-order valence-corrected chi connectivity index (χ4v) is 4.11. The molecule has 0 aliphatic heterocycles. The van der Waals surface area contributed by atoms with Crippen LogP contribution in [0, 0.1) is 6.92 Å². The number of benzene rings is 2. The lowest BCUT2D eigenvalue weighted by Gasteiger charge is -2.18. The summed E-state index contributed by atoms with van der Waals surface area (Å²) in [4.78, 5) is 17.6. The molecule has 0 heterocycles. The molecule has 0 radical (unpaired) electrons. The van der Waals surface area contributed by atoms with Gasteiger partial charge >= 0.3 is 0 Å². The minimum absolute atomic E-state index is 0.0365. The molecule has 0 fully saturated rings. The Labute approximate surface area is 158 Å². The van der Waals surface area contributed by atoms with E-state index in [0.717, 1.165) is 15.6 Å². The number of carbonyl (C=O) groups is 1. The molecule has 0 spiro atoms. The Morgan fingerprint density at radius 1 is 1.04 bits per heavy atom. The fraction of sp³-hybridized carbons (Fsp3) is 0.300. The maximum atomic E-state index is 12.9. The van der Waals surface area contributed by atoms with Crippen LogP contribution in [0.2, 0.25) is 0 Å². The standard InChI is InChI=1S/C20H24N2OS2/c1-14(2)21-20(24-4)25-18(16-8-6-5-7-9-16)19(23)22-17-12-10-15(3)11-13-17/h5-14,18H,1-4H3,(H,22,23). The first-order valence-electron chi connectivity index (χ1n) is 8.20. The molecule has 2 aromatic carbocycles. The Bertz CT molecular complexity index is 712. The van der Waals surface area contributed by atoms with Crippen molar-refractivity contribution in [1.29, 1.82) is 0 Å². The van der Waals surface area contributed by atoms with Crippen molar-refractivity contribution in [2.45, 2.75) is 32.1 Å². The fourth-order valence-electron chi connectivity index (χ4n) is 2.19. The number of hydrogen-bond donors (Lipinski definition) is 1. The lowest BCUT2D eigenvalue weighted by atomic mass is 10.1. The Kier molecular flexibility index (Phi) is 7.59. The summed E-state index contributed by atoms with van der Waals surface area (Å²) in [7, 11) is 0. The molecule has 0 aromatic heterocycles. The Hall–Kier alpha value is -1.72. The van der Waals surface area contributed by atoms with Crippen LogP contribution < -0.4 is 5.32 Å². The Balaban J connectivity index is 2.24. The van der Waals surface area contributed by atoms with Crippen molar-refractivity contribution in [3.05, 3.63) is 65.7 Å². The van der Waals surface area contributed by atoms with Crippen LogP contribution in [0.1, 0.15) is 30.2 Å². The quantitative estimate of drug-likeness (QED) is 0.554. The van der Waals surface area contributed by atoms with Gasteiger partial charge in [0.15, 0.2) is 0 Å². The molecule has 5 heteroatoms. The van der Waals surface area contributed by atoms with E-state index in [0.29, 0.717) is 0 Å². The molecule has 3 nitrogen and oxygen atoms in total. The number of carbonyl (C=O) groups excluding carboxylic acids is 1. The van der Waals surface area contributed by atoms with E-state index >= 15 is 0 Å². The monoisotopic (exact) mass is 372 g/mol. The van der Waals surface area contributed by atoms with E-state index in [-0.39, 0.29) is 17.2 Å². The maximum absolute atomic E-state index is 12.9. The minimum Gasteiger partial charge on any atom is -0.325 e. The van der Waals surface area contributed by atoms with Gasteiger partial charge in [0.25, 0.3) is 0 Å². The predicted molar refractivity (Wildman–Crippen MR) is 113 cm³/mol. The second-order valence-corrected chi connectivity index (χ2v) is 8.10. The highest BCUT2D eigenvalue weighted by Gasteiger charge is 2.23. The van der Waals surface area contributed by atoms with Crippen LogP contribution in [0.25, 0.3) is 0 Å². The van der Waals surface area contributed by atoms with Gasteiger partial charge in [-0.1, -0.05) is 59.8 Å². The smallest absolute Gasteiger partial charge is 0.242 e. The van der Waals surface area contributed by atoms with E-state index in [1.807, 2.05) is 81.6 Å². The number of aliphatic imine (C=N–C) groups is 1. The lowest BCUT2D eigenvalue weighted by molar-refractivity contribution is -0.115. The van der Waals surface area contributed by atoms with Crippen molar-refractivity contribution in [2.24, 2.45) is 4.99 Å². The predicted octanol–water partition coefficient (Wildman–Crippen LogP) is 5.54. The van der Waals surface area contributed by atoms with Crippen LogP contribution in [0.15, 0.2) is 59.6 Å². The zero-order valence-electron chi connectivity index (χ0n) is 15.0. The average Bonchev–Trinajstić information content (AvgIpc) is 2.60. The van der Waals surface area contributed by atoms with E-state index in [9.17, 15) is 4.79 Å². The Morgan fingerprint density at radius 2 is 1.68 bits per heavy atom. The van der Waals surface area contributed by atoms with Gasteiger partial charge in [-0.05, 0) is 44.7 Å². The first-order valence-corrected chi connectivity index (χ1v) is 10.3. The highest BCUT2D eigenvalue weighted by molar-refractivity contribution is 8.38. The highest BCUT2D eigenvalue weighted by atomic mass is 32.2. The van der Waals surface area contributed by atoms with Crippen LogP contribution >= 0.6 is 23.5 Å². The second kappa shape index (κ2) is 9.68. The maximum Gasteiger partial charge on any atom is 0.242 e. The number of amides is 1. The number of anilines is 1. The van der Waals surface area contributed by atoms with Gasteiger partial charge in [0.05, 0.1) is 0 Å². The molecule has 1 N–H and O–H groups in total. The molecular formula is C20H24N2OS2. The van der Waals surface area contributed by atoms with E-state index in [4.69, 9.17) is 0 Å². The molecule has 0 bridgehead atoms. The van der Waals surface area contributed by atoms with Crippen molar-refractivity contribution in [3.63, 3.8) is 0 Å². The summed E-state index contributed by atoms with van der Waals surface area (Å²) < 4.78 is 0.919. The van der Waals surface area contributed by atoms with Gasteiger partial charge in [-0.2, -0.15) is 0 Å². The normalized spacial score (nSPS) is 12.9. The highest BCUT2D eigenvalue weighted by Crippen LogP contribution is 2.34. The van der Waals surface area contributed by atoms with E-state index < -0.39 is 0 Å². The molecule has 1 amide bonds. The summed E-state index contributed by atoms with van der Waals surface area (Å²) in [6.45, 7) is 6.11. The molecule has 0 saturated heterocycles. The summed E-state index contributed by atoms with van der Waals surface area (Å²) in [6, 6.07) is 17.9. The SMILES string of the molecule is CSC(=NC(C)C)SC(C(=O)Nc1ccc(C)cc1)c1ccccc1. The lowest BCUT2D eigenvalue weighted by Crippen LogP contribution is -2.20. The number of thioether (sulfide) groups is 2. The van der Waals surface area contributed by atoms with Crippen LogP contribution in [0.3, 0.4) is 0 Å². The average molecular weight is 373 g/mol. The third kappa shape index (κ3) is 6.25. The summed E-state index contributed by atoms with van der Waals surface area (Å²) in [5.41, 5.74) is 2.95. The zero-order valence-corrected chi connectivity index (χ0v) is 16.7. The molecule has 1 unspecified atom stereocenters. The summed E-state index contributed by atoms with van der Waals surface area (Å²) in [5.74, 6) is -0.0365. The zero-order chi connectivity index (χ0) is 18.2. The molecule has 2 aromatic rings.